The van der Waals surface area contributed by atoms with Gasteiger partial charge in [-0.25, -0.2) is 26.4 Å². The molecule has 0 heterocycles. The van der Waals surface area contributed by atoms with Crippen LogP contribution in [-0.2, 0) is 52.9 Å². The van der Waals surface area contributed by atoms with Gasteiger partial charge >= 0.3 is 11.9 Å². The van der Waals surface area contributed by atoms with Crippen LogP contribution < -0.4 is 0 Å². The molecule has 0 radical (unpaired) electrons. The molecule has 0 aliphatic heterocycles. The maximum atomic E-state index is 12.4. The van der Waals surface area contributed by atoms with Gasteiger partial charge in [-0.2, -0.15) is 0 Å². The monoisotopic (exact) mass is 638 g/mol. The van der Waals surface area contributed by atoms with Crippen molar-refractivity contribution in [3.05, 3.63) is 84.0 Å². The molecule has 0 aliphatic rings. The van der Waals surface area contributed by atoms with E-state index in [0.717, 1.165) is 11.1 Å². The van der Waals surface area contributed by atoms with Gasteiger partial charge < -0.3 is 23.7 Å². The molecule has 2 rings (SSSR count). The van der Waals surface area contributed by atoms with Gasteiger partial charge in [0.2, 0.25) is 0 Å². The summed E-state index contributed by atoms with van der Waals surface area (Å²) in [4.78, 5) is 24.3. The van der Waals surface area contributed by atoms with Crippen LogP contribution in [0.1, 0.15) is 11.1 Å². The minimum atomic E-state index is -3.70. The standard InChI is InChI=1S/C30H38O11S2/c1-23-5-9-27(10-6-23)42(33,34)21-25(3)29(31)40-19-17-38-15-13-37-14-16-39-18-20-41-30(32)26(4)22-43(35,36)28-11-7-24(2)8-12-28/h5-12H,3-4,13-22H2,1-2H3. The third-order valence-electron chi connectivity index (χ3n) is 5.73. The predicted molar refractivity (Wildman–Crippen MR) is 159 cm³/mol. The minimum absolute atomic E-state index is 0.0748. The average Bonchev–Trinajstić information content (AvgIpc) is 2.95. The first kappa shape index (κ1) is 35.8. The highest BCUT2D eigenvalue weighted by Crippen LogP contribution is 2.16. The van der Waals surface area contributed by atoms with Crippen molar-refractivity contribution in [2.24, 2.45) is 0 Å². The van der Waals surface area contributed by atoms with Gasteiger partial charge in [0.1, 0.15) is 13.2 Å². The lowest BCUT2D eigenvalue weighted by Crippen LogP contribution is -2.19. The van der Waals surface area contributed by atoms with Crippen LogP contribution in [0.3, 0.4) is 0 Å². The molecule has 43 heavy (non-hydrogen) atoms. The van der Waals surface area contributed by atoms with Crippen LogP contribution in [0.5, 0.6) is 0 Å². The fraction of sp³-hybridized carbons (Fsp3) is 0.400. The Morgan fingerprint density at radius 3 is 1.12 bits per heavy atom. The third kappa shape index (κ3) is 13.2. The summed E-state index contributed by atoms with van der Waals surface area (Å²) in [7, 11) is -7.41. The number of benzene rings is 2. The van der Waals surface area contributed by atoms with Crippen molar-refractivity contribution < 1.29 is 50.1 Å². The topological polar surface area (TPSA) is 149 Å². The van der Waals surface area contributed by atoms with Gasteiger partial charge in [-0.15, -0.1) is 0 Å². The van der Waals surface area contributed by atoms with Crippen molar-refractivity contribution in [3.8, 4) is 0 Å². The molecule has 0 aromatic heterocycles. The fourth-order valence-electron chi connectivity index (χ4n) is 3.37. The summed E-state index contributed by atoms with van der Waals surface area (Å²) in [5, 5.41) is 0. The second kappa shape index (κ2) is 17.7. The quantitative estimate of drug-likeness (QED) is 0.120. The second-order valence-electron chi connectivity index (χ2n) is 9.46. The van der Waals surface area contributed by atoms with E-state index in [1.54, 1.807) is 24.3 Å². The van der Waals surface area contributed by atoms with E-state index in [9.17, 15) is 26.4 Å². The van der Waals surface area contributed by atoms with Crippen LogP contribution >= 0.6 is 0 Å². The number of carbonyl (C=O) groups is 2. The maximum absolute atomic E-state index is 12.4. The van der Waals surface area contributed by atoms with Gasteiger partial charge in [0.15, 0.2) is 19.7 Å². The van der Waals surface area contributed by atoms with Gasteiger partial charge in [-0.1, -0.05) is 48.6 Å². The molecule has 0 unspecified atom stereocenters. The number of rotatable bonds is 20. The Kier molecular flexibility index (Phi) is 14.7. The summed E-state index contributed by atoms with van der Waals surface area (Å²) in [6, 6.07) is 12.6. The van der Waals surface area contributed by atoms with Gasteiger partial charge in [-0.3, -0.25) is 0 Å². The van der Waals surface area contributed by atoms with Crippen LogP contribution in [0.2, 0.25) is 0 Å². The number of hydrogen-bond donors (Lipinski definition) is 0. The first-order valence-corrected chi connectivity index (χ1v) is 16.6. The molecule has 0 saturated carbocycles. The van der Waals surface area contributed by atoms with E-state index >= 15 is 0 Å². The molecule has 0 bridgehead atoms. The summed E-state index contributed by atoms with van der Waals surface area (Å²) >= 11 is 0. The summed E-state index contributed by atoms with van der Waals surface area (Å²) in [6.45, 7) is 11.7. The Labute approximate surface area is 253 Å². The normalized spacial score (nSPS) is 11.6. The first-order valence-electron chi connectivity index (χ1n) is 13.3. The summed E-state index contributed by atoms with van der Waals surface area (Å²) in [6.07, 6.45) is 0. The van der Waals surface area contributed by atoms with Crippen molar-refractivity contribution in [2.75, 3.05) is 64.4 Å². The van der Waals surface area contributed by atoms with E-state index < -0.39 is 43.1 Å². The maximum Gasteiger partial charge on any atom is 0.334 e. The molecule has 0 amide bonds. The van der Waals surface area contributed by atoms with E-state index in [1.165, 1.54) is 24.3 Å². The van der Waals surface area contributed by atoms with Gasteiger partial charge in [0, 0.05) is 11.1 Å². The number of hydrogen-bond acceptors (Lipinski definition) is 11. The van der Waals surface area contributed by atoms with Crippen LogP contribution in [0.25, 0.3) is 0 Å². The van der Waals surface area contributed by atoms with Gasteiger partial charge in [0.05, 0.1) is 60.9 Å². The Morgan fingerprint density at radius 2 is 0.814 bits per heavy atom. The molecule has 2 aromatic carbocycles. The highest BCUT2D eigenvalue weighted by atomic mass is 32.2. The lowest BCUT2D eigenvalue weighted by Gasteiger charge is -2.10. The fourth-order valence-corrected chi connectivity index (χ4v) is 5.96. The summed E-state index contributed by atoms with van der Waals surface area (Å²) in [5.41, 5.74) is 1.49. The molecule has 0 atom stereocenters. The second-order valence-corrected chi connectivity index (χ2v) is 13.4. The minimum Gasteiger partial charge on any atom is -0.460 e. The highest BCUT2D eigenvalue weighted by Gasteiger charge is 2.21. The number of sulfone groups is 2. The number of esters is 2. The molecule has 0 aliphatic carbocycles. The average molecular weight is 639 g/mol. The molecular formula is C30H38O11S2. The number of ether oxygens (including phenoxy) is 5. The Morgan fingerprint density at radius 1 is 0.535 bits per heavy atom. The zero-order valence-corrected chi connectivity index (χ0v) is 26.0. The molecule has 0 N–H and O–H groups in total. The highest BCUT2D eigenvalue weighted by molar-refractivity contribution is 7.92. The largest absolute Gasteiger partial charge is 0.460 e. The Balaban J connectivity index is 1.46. The molecule has 13 heteroatoms. The molecular weight excluding hydrogens is 600 g/mol. The summed E-state index contributed by atoms with van der Waals surface area (Å²) < 4.78 is 75.6. The Hall–Kier alpha value is -3.36. The number of carbonyl (C=O) groups excluding carboxylic acids is 2. The first-order chi connectivity index (χ1) is 20.3. The lowest BCUT2D eigenvalue weighted by atomic mass is 10.2. The van der Waals surface area contributed by atoms with Crippen molar-refractivity contribution in [3.63, 3.8) is 0 Å². The lowest BCUT2D eigenvalue weighted by molar-refractivity contribution is -0.141. The van der Waals surface area contributed by atoms with E-state index in [2.05, 4.69) is 13.2 Å². The van der Waals surface area contributed by atoms with Crippen molar-refractivity contribution >= 4 is 31.6 Å². The molecule has 2 aromatic rings. The van der Waals surface area contributed by atoms with Crippen LogP contribution in [0, 0.1) is 13.8 Å². The number of aryl methyl sites for hydroxylation is 2. The van der Waals surface area contributed by atoms with Gasteiger partial charge in [-0.05, 0) is 38.1 Å². The van der Waals surface area contributed by atoms with E-state index in [1.807, 2.05) is 13.8 Å². The molecule has 236 valence electrons. The zero-order valence-electron chi connectivity index (χ0n) is 24.4. The third-order valence-corrected chi connectivity index (χ3v) is 9.17. The van der Waals surface area contributed by atoms with Gasteiger partial charge in [0.25, 0.3) is 0 Å². The van der Waals surface area contributed by atoms with Crippen LogP contribution in [0.4, 0.5) is 0 Å². The molecule has 11 nitrogen and oxygen atoms in total. The smallest absolute Gasteiger partial charge is 0.334 e. The van der Waals surface area contributed by atoms with E-state index in [0.29, 0.717) is 0 Å². The predicted octanol–water partition coefficient (Wildman–Crippen LogP) is 2.80. The Bertz CT molecular complexity index is 1330. The van der Waals surface area contributed by atoms with Crippen LogP contribution in [0.15, 0.2) is 82.6 Å². The van der Waals surface area contributed by atoms with E-state index in [4.69, 9.17) is 23.7 Å². The van der Waals surface area contributed by atoms with Crippen molar-refractivity contribution in [2.45, 2.75) is 23.6 Å². The summed E-state index contributed by atoms with van der Waals surface area (Å²) in [5.74, 6) is -2.70. The molecule has 0 fully saturated rings. The van der Waals surface area contributed by atoms with Crippen molar-refractivity contribution in [1.29, 1.82) is 0 Å². The SMILES string of the molecule is C=C(CS(=O)(=O)c1ccc(C)cc1)C(=O)OCCOCCOCCOCCOC(=O)C(=C)CS(=O)(=O)c1ccc(C)cc1. The molecule has 0 saturated heterocycles. The van der Waals surface area contributed by atoms with Crippen molar-refractivity contribution in [1.82, 2.24) is 0 Å². The molecule has 0 spiro atoms. The van der Waals surface area contributed by atoms with Crippen LogP contribution in [-0.4, -0.2) is 93.1 Å². The van der Waals surface area contributed by atoms with E-state index in [-0.39, 0.29) is 73.8 Å². The zero-order chi connectivity index (χ0) is 31.9.